The second kappa shape index (κ2) is 7.64. The van der Waals surface area contributed by atoms with Gasteiger partial charge in [-0.15, -0.1) is 11.8 Å². The number of thioether (sulfide) groups is 1. The molecule has 0 aliphatic carbocycles. The lowest BCUT2D eigenvalue weighted by atomic mass is 10.1. The summed E-state index contributed by atoms with van der Waals surface area (Å²) >= 11 is 1.85. The second-order valence-electron chi connectivity index (χ2n) is 5.25. The first-order valence-electron chi connectivity index (χ1n) is 7.30. The molecule has 4 nitrogen and oxygen atoms in total. The zero-order valence-electron chi connectivity index (χ0n) is 13.0. The molecule has 1 unspecified atom stereocenters. The number of hydrogen-bond acceptors (Lipinski definition) is 4. The van der Waals surface area contributed by atoms with Crippen LogP contribution >= 0.6 is 11.8 Å². The minimum atomic E-state index is 0.231. The Bertz CT molecular complexity index is 579. The highest BCUT2D eigenvalue weighted by molar-refractivity contribution is 7.99. The van der Waals surface area contributed by atoms with Crippen LogP contribution in [0.3, 0.4) is 0 Å². The number of nitrogens with zero attached hydrogens (tertiary/aromatic N) is 2. The van der Waals surface area contributed by atoms with E-state index in [9.17, 15) is 0 Å². The molecule has 0 amide bonds. The summed E-state index contributed by atoms with van der Waals surface area (Å²) in [4.78, 5) is 1.32. The summed E-state index contributed by atoms with van der Waals surface area (Å²) in [7, 11) is 2.00. The average molecular weight is 304 g/mol. The highest BCUT2D eigenvalue weighted by Gasteiger charge is 2.13. The quantitative estimate of drug-likeness (QED) is 0.469. The fourth-order valence-electron chi connectivity index (χ4n) is 2.26. The third-order valence-electron chi connectivity index (χ3n) is 3.61. The van der Waals surface area contributed by atoms with Gasteiger partial charge in [-0.25, -0.2) is 0 Å². The van der Waals surface area contributed by atoms with Crippen molar-refractivity contribution >= 4 is 11.8 Å². The van der Waals surface area contributed by atoms with Crippen molar-refractivity contribution < 1.29 is 0 Å². The van der Waals surface area contributed by atoms with Crippen LogP contribution in [0.4, 0.5) is 0 Å². The second-order valence-corrected chi connectivity index (χ2v) is 6.31. The number of hydrazine groups is 1. The van der Waals surface area contributed by atoms with Gasteiger partial charge in [0.2, 0.25) is 0 Å². The monoisotopic (exact) mass is 304 g/mol. The molecule has 21 heavy (non-hydrogen) atoms. The maximum atomic E-state index is 5.72. The Morgan fingerprint density at radius 3 is 2.76 bits per heavy atom. The molecule has 2 rings (SSSR count). The van der Waals surface area contributed by atoms with Gasteiger partial charge in [0, 0.05) is 35.9 Å². The molecule has 0 aliphatic heterocycles. The Morgan fingerprint density at radius 1 is 1.38 bits per heavy atom. The Morgan fingerprint density at radius 2 is 2.14 bits per heavy atom. The van der Waals surface area contributed by atoms with E-state index >= 15 is 0 Å². The van der Waals surface area contributed by atoms with Crippen molar-refractivity contribution in [2.45, 2.75) is 37.6 Å². The molecule has 0 aliphatic rings. The topological polar surface area (TPSA) is 55.9 Å². The largest absolute Gasteiger partial charge is 0.272 e. The number of hydrogen-bond donors (Lipinski definition) is 2. The molecule has 1 aromatic carbocycles. The number of nitrogens with one attached hydrogen (secondary N) is 1. The van der Waals surface area contributed by atoms with Gasteiger partial charge in [0.25, 0.3) is 0 Å². The van der Waals surface area contributed by atoms with Gasteiger partial charge in [-0.3, -0.25) is 16.0 Å². The minimum absolute atomic E-state index is 0.231. The van der Waals surface area contributed by atoms with E-state index in [2.05, 4.69) is 54.7 Å². The number of rotatable bonds is 7. The molecule has 2 aromatic rings. The van der Waals surface area contributed by atoms with Crippen LogP contribution < -0.4 is 11.3 Å². The van der Waals surface area contributed by atoms with Crippen molar-refractivity contribution in [3.8, 4) is 0 Å². The van der Waals surface area contributed by atoms with Gasteiger partial charge in [0.05, 0.1) is 5.69 Å². The summed E-state index contributed by atoms with van der Waals surface area (Å²) in [5.74, 6) is 6.66. The molecule has 1 aromatic heterocycles. The van der Waals surface area contributed by atoms with Crippen LogP contribution in [0, 0.1) is 6.92 Å². The lowest BCUT2D eigenvalue weighted by molar-refractivity contribution is 0.550. The van der Waals surface area contributed by atoms with Crippen molar-refractivity contribution in [1.82, 2.24) is 15.2 Å². The molecule has 0 saturated heterocycles. The Kier molecular flexibility index (Phi) is 5.85. The number of nitrogens with two attached hydrogens (primary N) is 1. The zero-order chi connectivity index (χ0) is 15.2. The third-order valence-corrected chi connectivity index (χ3v) is 4.95. The molecule has 0 spiro atoms. The smallest absolute Gasteiger partial charge is 0.0624 e. The molecule has 5 heteroatoms. The van der Waals surface area contributed by atoms with E-state index in [0.717, 1.165) is 24.3 Å². The first kappa shape index (κ1) is 16.1. The summed E-state index contributed by atoms with van der Waals surface area (Å²) in [6.45, 7) is 4.26. The normalized spacial score (nSPS) is 12.6. The van der Waals surface area contributed by atoms with Crippen LogP contribution in [-0.2, 0) is 19.9 Å². The molecule has 0 bridgehead atoms. The van der Waals surface area contributed by atoms with Gasteiger partial charge in [-0.05, 0) is 31.0 Å². The SMILES string of the molecule is CCc1cc(CC(CSc2ccccc2C)NN)n(C)n1. The van der Waals surface area contributed by atoms with Crippen molar-refractivity contribution in [2.24, 2.45) is 12.9 Å². The van der Waals surface area contributed by atoms with E-state index in [1.54, 1.807) is 0 Å². The van der Waals surface area contributed by atoms with Gasteiger partial charge < -0.3 is 0 Å². The Balaban J connectivity index is 1.97. The van der Waals surface area contributed by atoms with Gasteiger partial charge in [-0.1, -0.05) is 25.1 Å². The third kappa shape index (κ3) is 4.33. The number of benzene rings is 1. The molecular formula is C16H24N4S. The molecule has 1 heterocycles. The standard InChI is InChI=1S/C16H24N4S/c1-4-13-9-15(20(3)19-13)10-14(18-17)11-21-16-8-6-5-7-12(16)2/h5-9,14,18H,4,10-11,17H2,1-3H3. The van der Waals surface area contributed by atoms with Crippen LogP contribution in [0.1, 0.15) is 23.9 Å². The molecule has 114 valence electrons. The van der Waals surface area contributed by atoms with E-state index in [-0.39, 0.29) is 6.04 Å². The highest BCUT2D eigenvalue weighted by atomic mass is 32.2. The van der Waals surface area contributed by atoms with E-state index in [4.69, 9.17) is 5.84 Å². The fourth-order valence-corrected chi connectivity index (χ4v) is 3.33. The van der Waals surface area contributed by atoms with Crippen LogP contribution in [-0.4, -0.2) is 21.6 Å². The molecule has 0 fully saturated rings. The first-order valence-corrected chi connectivity index (χ1v) is 8.29. The lowest BCUT2D eigenvalue weighted by Gasteiger charge is -2.16. The average Bonchev–Trinajstić information content (AvgIpc) is 2.85. The highest BCUT2D eigenvalue weighted by Crippen LogP contribution is 2.23. The summed E-state index contributed by atoms with van der Waals surface area (Å²) in [6.07, 6.45) is 1.85. The molecule has 1 atom stereocenters. The maximum Gasteiger partial charge on any atom is 0.0624 e. The van der Waals surface area contributed by atoms with Crippen LogP contribution in [0.5, 0.6) is 0 Å². The Labute approximate surface area is 131 Å². The van der Waals surface area contributed by atoms with Gasteiger partial charge in [0.1, 0.15) is 0 Å². The Hall–Kier alpha value is -1.30. The zero-order valence-corrected chi connectivity index (χ0v) is 13.8. The van der Waals surface area contributed by atoms with E-state index in [1.807, 2.05) is 23.5 Å². The van der Waals surface area contributed by atoms with Gasteiger partial charge >= 0.3 is 0 Å². The maximum absolute atomic E-state index is 5.72. The van der Waals surface area contributed by atoms with Crippen molar-refractivity contribution in [3.63, 3.8) is 0 Å². The predicted octanol–water partition coefficient (Wildman–Crippen LogP) is 2.46. The molecule has 0 radical (unpaired) electrons. The van der Waals surface area contributed by atoms with Crippen LogP contribution in [0.15, 0.2) is 35.2 Å². The van der Waals surface area contributed by atoms with E-state index < -0.39 is 0 Å². The van der Waals surface area contributed by atoms with Gasteiger partial charge in [-0.2, -0.15) is 5.10 Å². The van der Waals surface area contributed by atoms with E-state index in [0.29, 0.717) is 0 Å². The summed E-state index contributed by atoms with van der Waals surface area (Å²) in [5.41, 5.74) is 6.60. The molecular weight excluding hydrogens is 280 g/mol. The number of aryl methyl sites for hydroxylation is 3. The molecule has 3 N–H and O–H groups in total. The summed E-state index contributed by atoms with van der Waals surface area (Å²) < 4.78 is 1.96. The lowest BCUT2D eigenvalue weighted by Crippen LogP contribution is -2.39. The van der Waals surface area contributed by atoms with Crippen LogP contribution in [0.25, 0.3) is 0 Å². The first-order chi connectivity index (χ1) is 10.1. The van der Waals surface area contributed by atoms with Crippen molar-refractivity contribution in [1.29, 1.82) is 0 Å². The summed E-state index contributed by atoms with van der Waals surface area (Å²) in [5, 5.41) is 4.49. The molecule has 0 saturated carbocycles. The van der Waals surface area contributed by atoms with Crippen molar-refractivity contribution in [3.05, 3.63) is 47.3 Å². The van der Waals surface area contributed by atoms with Gasteiger partial charge in [0.15, 0.2) is 0 Å². The van der Waals surface area contributed by atoms with E-state index in [1.165, 1.54) is 16.2 Å². The fraction of sp³-hybridized carbons (Fsp3) is 0.438. The predicted molar refractivity (Wildman–Crippen MR) is 89.3 cm³/mol. The number of aromatic nitrogens is 2. The van der Waals surface area contributed by atoms with Crippen LogP contribution in [0.2, 0.25) is 0 Å². The summed E-state index contributed by atoms with van der Waals surface area (Å²) in [6, 6.07) is 10.8. The minimum Gasteiger partial charge on any atom is -0.272 e. The van der Waals surface area contributed by atoms with Crippen molar-refractivity contribution in [2.75, 3.05) is 5.75 Å².